The van der Waals surface area contributed by atoms with Gasteiger partial charge in [-0.1, -0.05) is 13.3 Å². The lowest BCUT2D eigenvalue weighted by atomic mass is 10.2. The van der Waals surface area contributed by atoms with Gasteiger partial charge >= 0.3 is 0 Å². The van der Waals surface area contributed by atoms with Gasteiger partial charge in [0, 0.05) is 38.4 Å². The molecule has 106 valence electrons. The van der Waals surface area contributed by atoms with Gasteiger partial charge in [0.25, 0.3) is 5.91 Å². The molecule has 0 spiro atoms. The first kappa shape index (κ1) is 15.5. The Morgan fingerprint density at radius 3 is 2.53 bits per heavy atom. The molecule has 0 aliphatic carbocycles. The van der Waals surface area contributed by atoms with Gasteiger partial charge in [0.2, 0.25) is 0 Å². The van der Waals surface area contributed by atoms with Gasteiger partial charge in [0.1, 0.15) is 5.82 Å². The highest BCUT2D eigenvalue weighted by Gasteiger charge is 2.13. The first-order valence-corrected chi connectivity index (χ1v) is 7.10. The van der Waals surface area contributed by atoms with Crippen LogP contribution in [0, 0.1) is 0 Å². The molecule has 1 aromatic heterocycles. The summed E-state index contributed by atoms with van der Waals surface area (Å²) in [5.41, 5.74) is 0.719. The lowest BCUT2D eigenvalue weighted by molar-refractivity contribution is 0.0773. The largest absolute Gasteiger partial charge is 0.360 e. The summed E-state index contributed by atoms with van der Waals surface area (Å²) in [6.07, 6.45) is 4.00. The second-order valence-corrected chi connectivity index (χ2v) is 4.66. The minimum absolute atomic E-state index is 0.0811. The van der Waals surface area contributed by atoms with E-state index in [4.69, 9.17) is 0 Å². The zero-order valence-corrected chi connectivity index (χ0v) is 12.5. The Morgan fingerprint density at radius 1 is 1.26 bits per heavy atom. The summed E-state index contributed by atoms with van der Waals surface area (Å²) >= 11 is 0. The lowest BCUT2D eigenvalue weighted by Crippen LogP contribution is -2.30. The van der Waals surface area contributed by atoms with E-state index in [9.17, 15) is 4.79 Å². The summed E-state index contributed by atoms with van der Waals surface area (Å²) in [5.74, 6) is 0.948. The fourth-order valence-electron chi connectivity index (χ4n) is 1.96. The van der Waals surface area contributed by atoms with Gasteiger partial charge < -0.3 is 9.80 Å². The maximum Gasteiger partial charge on any atom is 0.254 e. The first-order valence-electron chi connectivity index (χ1n) is 7.10. The average molecular weight is 263 g/mol. The van der Waals surface area contributed by atoms with Crippen LogP contribution < -0.4 is 4.90 Å². The number of nitrogens with zero attached hydrogens (tertiary/aromatic N) is 3. The average Bonchev–Trinajstić information content (AvgIpc) is 2.46. The summed E-state index contributed by atoms with van der Waals surface area (Å²) in [4.78, 5) is 20.5. The molecule has 1 amide bonds. The van der Waals surface area contributed by atoms with Crippen LogP contribution in [-0.2, 0) is 0 Å². The van der Waals surface area contributed by atoms with Crippen LogP contribution in [0.15, 0.2) is 18.3 Å². The fraction of sp³-hybridized carbons (Fsp3) is 0.600. The zero-order chi connectivity index (χ0) is 14.3. The van der Waals surface area contributed by atoms with Crippen molar-refractivity contribution in [3.8, 4) is 0 Å². The van der Waals surface area contributed by atoms with Crippen LogP contribution >= 0.6 is 0 Å². The van der Waals surface area contributed by atoms with Gasteiger partial charge in [-0.25, -0.2) is 4.98 Å². The molecule has 0 fully saturated rings. The number of pyridine rings is 1. The van der Waals surface area contributed by atoms with E-state index in [1.165, 1.54) is 0 Å². The number of hydrogen-bond donors (Lipinski definition) is 0. The molecule has 1 rings (SSSR count). The quantitative estimate of drug-likeness (QED) is 0.759. The third-order valence-corrected chi connectivity index (χ3v) is 3.28. The van der Waals surface area contributed by atoms with Gasteiger partial charge in [-0.3, -0.25) is 4.79 Å². The predicted octanol–water partition coefficient (Wildman–Crippen LogP) is 2.80. The Labute approximate surface area is 116 Å². The molecule has 0 N–H and O–H groups in total. The highest BCUT2D eigenvalue weighted by atomic mass is 16.2. The van der Waals surface area contributed by atoms with Crippen LogP contribution in [0.5, 0.6) is 0 Å². The topological polar surface area (TPSA) is 36.4 Å². The van der Waals surface area contributed by atoms with Crippen molar-refractivity contribution in [2.75, 3.05) is 31.6 Å². The van der Waals surface area contributed by atoms with Crippen LogP contribution in [0.3, 0.4) is 0 Å². The second kappa shape index (κ2) is 7.77. The van der Waals surface area contributed by atoms with Crippen LogP contribution in [-0.4, -0.2) is 42.5 Å². The Kier molecular flexibility index (Phi) is 6.33. The normalized spacial score (nSPS) is 10.3. The molecule has 19 heavy (non-hydrogen) atoms. The predicted molar refractivity (Wildman–Crippen MR) is 79.7 cm³/mol. The minimum Gasteiger partial charge on any atom is -0.360 e. The summed E-state index contributed by atoms with van der Waals surface area (Å²) in [7, 11) is 2.02. The van der Waals surface area contributed by atoms with Crippen molar-refractivity contribution < 1.29 is 4.79 Å². The molecule has 0 saturated heterocycles. The summed E-state index contributed by atoms with van der Waals surface area (Å²) in [6, 6.07) is 3.67. The number of hydrogen-bond acceptors (Lipinski definition) is 3. The zero-order valence-electron chi connectivity index (χ0n) is 12.5. The molecule has 0 radical (unpaired) electrons. The fourth-order valence-corrected chi connectivity index (χ4v) is 1.96. The highest BCUT2D eigenvalue weighted by Crippen LogP contribution is 2.13. The van der Waals surface area contributed by atoms with Crippen LogP contribution in [0.2, 0.25) is 0 Å². The Morgan fingerprint density at radius 2 is 1.95 bits per heavy atom. The number of amides is 1. The molecule has 0 atom stereocenters. The van der Waals surface area contributed by atoms with Crippen molar-refractivity contribution in [1.29, 1.82) is 0 Å². The third kappa shape index (κ3) is 4.23. The van der Waals surface area contributed by atoms with Gasteiger partial charge in [-0.15, -0.1) is 0 Å². The van der Waals surface area contributed by atoms with E-state index in [2.05, 4.69) is 16.8 Å². The number of unbranched alkanes of at least 4 members (excludes halogenated alkanes) is 1. The van der Waals surface area contributed by atoms with E-state index in [0.717, 1.165) is 43.9 Å². The molecule has 0 unspecified atom stereocenters. The van der Waals surface area contributed by atoms with Gasteiger partial charge in [0.15, 0.2) is 0 Å². The van der Waals surface area contributed by atoms with Crippen molar-refractivity contribution in [3.63, 3.8) is 0 Å². The van der Waals surface area contributed by atoms with Gasteiger partial charge in [-0.2, -0.15) is 0 Å². The smallest absolute Gasteiger partial charge is 0.254 e. The molecule has 0 aromatic carbocycles. The van der Waals surface area contributed by atoms with Crippen molar-refractivity contribution in [1.82, 2.24) is 9.88 Å². The van der Waals surface area contributed by atoms with E-state index in [0.29, 0.717) is 0 Å². The van der Waals surface area contributed by atoms with Crippen molar-refractivity contribution in [2.24, 2.45) is 0 Å². The first-order chi connectivity index (χ1) is 9.13. The minimum atomic E-state index is 0.0811. The number of aromatic nitrogens is 1. The maximum atomic E-state index is 12.3. The molecule has 0 aliphatic heterocycles. The lowest BCUT2D eigenvalue weighted by Gasteiger charge is -2.21. The molecule has 1 heterocycles. The van der Waals surface area contributed by atoms with Crippen LogP contribution in [0.25, 0.3) is 0 Å². The maximum absolute atomic E-state index is 12.3. The molecule has 4 heteroatoms. The summed E-state index contributed by atoms with van der Waals surface area (Å²) in [5, 5.41) is 0. The van der Waals surface area contributed by atoms with E-state index >= 15 is 0 Å². The number of anilines is 1. The Balaban J connectivity index is 2.84. The standard InChI is InChI=1S/C15H25N3O/c1-5-8-11-17(4)14-12-13(9-10-16-14)15(19)18(6-2)7-3/h9-10,12H,5-8,11H2,1-4H3. The van der Waals surface area contributed by atoms with E-state index in [1.807, 2.05) is 31.9 Å². The van der Waals surface area contributed by atoms with Gasteiger partial charge in [-0.05, 0) is 32.4 Å². The summed E-state index contributed by atoms with van der Waals surface area (Å²) < 4.78 is 0. The van der Waals surface area contributed by atoms with Crippen molar-refractivity contribution in [3.05, 3.63) is 23.9 Å². The van der Waals surface area contributed by atoms with Crippen LogP contribution in [0.4, 0.5) is 5.82 Å². The molecule has 1 aromatic rings. The SMILES string of the molecule is CCCCN(C)c1cc(C(=O)N(CC)CC)ccn1. The monoisotopic (exact) mass is 263 g/mol. The Hall–Kier alpha value is -1.58. The number of carbonyl (C=O) groups excluding carboxylic acids is 1. The van der Waals surface area contributed by atoms with Crippen molar-refractivity contribution >= 4 is 11.7 Å². The molecule has 0 aliphatic rings. The van der Waals surface area contributed by atoms with E-state index < -0.39 is 0 Å². The third-order valence-electron chi connectivity index (χ3n) is 3.28. The Bertz CT molecular complexity index is 402. The van der Waals surface area contributed by atoms with E-state index in [1.54, 1.807) is 12.3 Å². The number of rotatable bonds is 7. The van der Waals surface area contributed by atoms with Crippen LogP contribution in [0.1, 0.15) is 44.0 Å². The molecular formula is C15H25N3O. The second-order valence-electron chi connectivity index (χ2n) is 4.66. The number of carbonyl (C=O) groups is 1. The van der Waals surface area contributed by atoms with E-state index in [-0.39, 0.29) is 5.91 Å². The molecule has 0 bridgehead atoms. The molecular weight excluding hydrogens is 238 g/mol. The van der Waals surface area contributed by atoms with Crippen molar-refractivity contribution in [2.45, 2.75) is 33.6 Å². The summed E-state index contributed by atoms with van der Waals surface area (Å²) in [6.45, 7) is 8.60. The molecule has 0 saturated carbocycles. The molecule has 4 nitrogen and oxygen atoms in total. The highest BCUT2D eigenvalue weighted by molar-refractivity contribution is 5.94. The van der Waals surface area contributed by atoms with Gasteiger partial charge in [0.05, 0.1) is 0 Å².